The van der Waals surface area contributed by atoms with Crippen LogP contribution >= 0.6 is 0 Å². The number of carbonyl (C=O) groups is 1. The molecular formula is C24H26FN3O2. The summed E-state index contributed by atoms with van der Waals surface area (Å²) in [6.07, 6.45) is 0. The minimum absolute atomic E-state index is 0.138. The predicted octanol–water partition coefficient (Wildman–Crippen LogP) is 3.80. The quantitative estimate of drug-likeness (QED) is 0.675. The number of piperazine rings is 1. The SMILES string of the molecule is CN1CCN(CC(NC(=O)c2ccc(-c3ccc(F)cc3)o2)c2ccccc2)CC1. The van der Waals surface area contributed by atoms with E-state index >= 15 is 0 Å². The molecule has 156 valence electrons. The first-order valence-corrected chi connectivity index (χ1v) is 10.2. The van der Waals surface area contributed by atoms with Crippen molar-refractivity contribution in [2.75, 3.05) is 39.8 Å². The minimum Gasteiger partial charge on any atom is -0.451 e. The van der Waals surface area contributed by atoms with Crippen LogP contribution in [0.5, 0.6) is 0 Å². The summed E-state index contributed by atoms with van der Waals surface area (Å²) in [5, 5.41) is 3.13. The lowest BCUT2D eigenvalue weighted by molar-refractivity contribution is 0.0881. The van der Waals surface area contributed by atoms with E-state index in [4.69, 9.17) is 4.42 Å². The number of halogens is 1. The normalized spacial score (nSPS) is 16.3. The summed E-state index contributed by atoms with van der Waals surface area (Å²) in [6, 6.07) is 19.3. The number of benzene rings is 2. The first-order valence-electron chi connectivity index (χ1n) is 10.2. The number of furan rings is 1. The number of nitrogens with zero attached hydrogens (tertiary/aromatic N) is 2. The highest BCUT2D eigenvalue weighted by Crippen LogP contribution is 2.23. The number of likely N-dealkylation sites (N-methyl/N-ethyl adjacent to an activating group) is 1. The number of hydrogen-bond acceptors (Lipinski definition) is 4. The maximum atomic E-state index is 13.2. The van der Waals surface area contributed by atoms with E-state index in [1.165, 1.54) is 12.1 Å². The van der Waals surface area contributed by atoms with Gasteiger partial charge < -0.3 is 14.6 Å². The third kappa shape index (κ3) is 4.96. The molecule has 1 fully saturated rings. The predicted molar refractivity (Wildman–Crippen MR) is 115 cm³/mol. The Labute approximate surface area is 176 Å². The van der Waals surface area contributed by atoms with Crippen LogP contribution in [0.25, 0.3) is 11.3 Å². The third-order valence-electron chi connectivity index (χ3n) is 5.50. The van der Waals surface area contributed by atoms with Crippen molar-refractivity contribution in [3.63, 3.8) is 0 Å². The van der Waals surface area contributed by atoms with Gasteiger partial charge in [0.2, 0.25) is 0 Å². The molecule has 1 N–H and O–H groups in total. The summed E-state index contributed by atoms with van der Waals surface area (Å²) in [5.74, 6) is 0.216. The van der Waals surface area contributed by atoms with E-state index in [-0.39, 0.29) is 23.5 Å². The van der Waals surface area contributed by atoms with Crippen LogP contribution in [0.1, 0.15) is 22.2 Å². The zero-order valence-corrected chi connectivity index (χ0v) is 17.1. The summed E-state index contributed by atoms with van der Waals surface area (Å²) in [6.45, 7) is 4.74. The van der Waals surface area contributed by atoms with Gasteiger partial charge in [0.05, 0.1) is 6.04 Å². The molecule has 2 aromatic carbocycles. The highest BCUT2D eigenvalue weighted by atomic mass is 19.1. The van der Waals surface area contributed by atoms with E-state index in [9.17, 15) is 9.18 Å². The Bertz CT molecular complexity index is 964. The fourth-order valence-corrected chi connectivity index (χ4v) is 3.67. The Morgan fingerprint density at radius 1 is 1.00 bits per heavy atom. The molecule has 5 nitrogen and oxygen atoms in total. The number of amides is 1. The molecule has 1 atom stereocenters. The first kappa shape index (κ1) is 20.3. The van der Waals surface area contributed by atoms with Gasteiger partial charge in [-0.05, 0) is 49.0 Å². The Balaban J connectivity index is 1.48. The van der Waals surface area contributed by atoms with E-state index in [1.54, 1.807) is 24.3 Å². The van der Waals surface area contributed by atoms with Crippen molar-refractivity contribution in [1.82, 2.24) is 15.1 Å². The summed E-state index contributed by atoms with van der Waals surface area (Å²) in [7, 11) is 2.13. The topological polar surface area (TPSA) is 48.7 Å². The Morgan fingerprint density at radius 2 is 1.70 bits per heavy atom. The molecule has 1 aliphatic rings. The van der Waals surface area contributed by atoms with Crippen LogP contribution in [0.2, 0.25) is 0 Å². The fraction of sp³-hybridized carbons (Fsp3) is 0.292. The summed E-state index contributed by atoms with van der Waals surface area (Å²) in [4.78, 5) is 17.6. The van der Waals surface area contributed by atoms with E-state index in [2.05, 4.69) is 22.2 Å². The second-order valence-electron chi connectivity index (χ2n) is 7.71. The fourth-order valence-electron chi connectivity index (χ4n) is 3.67. The molecule has 6 heteroatoms. The largest absolute Gasteiger partial charge is 0.451 e. The van der Waals surface area contributed by atoms with Crippen LogP contribution < -0.4 is 5.32 Å². The van der Waals surface area contributed by atoms with E-state index in [1.807, 2.05) is 30.3 Å². The molecule has 0 radical (unpaired) electrons. The van der Waals surface area contributed by atoms with Crippen LogP contribution in [-0.4, -0.2) is 55.5 Å². The molecule has 1 aliphatic heterocycles. The number of hydrogen-bond donors (Lipinski definition) is 1. The van der Waals surface area contributed by atoms with Crippen molar-refractivity contribution >= 4 is 5.91 Å². The average molecular weight is 407 g/mol. The Hall–Kier alpha value is -2.96. The van der Waals surface area contributed by atoms with Gasteiger partial charge in [0, 0.05) is 38.3 Å². The van der Waals surface area contributed by atoms with Crippen molar-refractivity contribution in [1.29, 1.82) is 0 Å². The van der Waals surface area contributed by atoms with Gasteiger partial charge in [-0.25, -0.2) is 4.39 Å². The van der Waals surface area contributed by atoms with Crippen LogP contribution in [0.3, 0.4) is 0 Å². The molecule has 0 aliphatic carbocycles. The maximum absolute atomic E-state index is 13.2. The summed E-state index contributed by atoms with van der Waals surface area (Å²) in [5.41, 5.74) is 1.79. The second kappa shape index (κ2) is 9.24. The molecule has 1 amide bonds. The van der Waals surface area contributed by atoms with Crippen molar-refractivity contribution < 1.29 is 13.6 Å². The van der Waals surface area contributed by atoms with Crippen molar-refractivity contribution in [3.05, 3.63) is 83.9 Å². The van der Waals surface area contributed by atoms with Crippen LogP contribution in [0, 0.1) is 5.82 Å². The lowest BCUT2D eigenvalue weighted by atomic mass is 10.1. The highest BCUT2D eigenvalue weighted by Gasteiger charge is 2.23. The average Bonchev–Trinajstić information content (AvgIpc) is 3.26. The lowest BCUT2D eigenvalue weighted by Gasteiger charge is -2.34. The van der Waals surface area contributed by atoms with Gasteiger partial charge >= 0.3 is 0 Å². The molecule has 1 saturated heterocycles. The van der Waals surface area contributed by atoms with E-state index < -0.39 is 0 Å². The Morgan fingerprint density at radius 3 is 2.40 bits per heavy atom. The molecule has 0 spiro atoms. The minimum atomic E-state index is -0.308. The molecular weight excluding hydrogens is 381 g/mol. The van der Waals surface area contributed by atoms with Crippen molar-refractivity contribution in [2.24, 2.45) is 0 Å². The zero-order chi connectivity index (χ0) is 20.9. The van der Waals surface area contributed by atoms with Crippen LogP contribution in [-0.2, 0) is 0 Å². The number of nitrogens with one attached hydrogen (secondary N) is 1. The molecule has 1 unspecified atom stereocenters. The van der Waals surface area contributed by atoms with E-state index in [0.717, 1.165) is 43.9 Å². The van der Waals surface area contributed by atoms with Crippen LogP contribution in [0.15, 0.2) is 71.1 Å². The first-order chi connectivity index (χ1) is 14.6. The maximum Gasteiger partial charge on any atom is 0.287 e. The third-order valence-corrected chi connectivity index (χ3v) is 5.50. The Kier molecular flexibility index (Phi) is 6.26. The molecule has 30 heavy (non-hydrogen) atoms. The molecule has 0 saturated carbocycles. The van der Waals surface area contributed by atoms with Crippen molar-refractivity contribution in [3.8, 4) is 11.3 Å². The molecule has 1 aromatic heterocycles. The monoisotopic (exact) mass is 407 g/mol. The number of carbonyl (C=O) groups excluding carboxylic acids is 1. The molecule has 4 rings (SSSR count). The van der Waals surface area contributed by atoms with Gasteiger partial charge in [0.1, 0.15) is 11.6 Å². The number of rotatable bonds is 6. The van der Waals surface area contributed by atoms with Gasteiger partial charge in [-0.3, -0.25) is 9.69 Å². The summed E-state index contributed by atoms with van der Waals surface area (Å²) >= 11 is 0. The molecule has 3 aromatic rings. The smallest absolute Gasteiger partial charge is 0.287 e. The second-order valence-corrected chi connectivity index (χ2v) is 7.71. The lowest BCUT2D eigenvalue weighted by Crippen LogP contribution is -2.47. The van der Waals surface area contributed by atoms with Gasteiger partial charge in [-0.2, -0.15) is 0 Å². The highest BCUT2D eigenvalue weighted by molar-refractivity contribution is 5.92. The van der Waals surface area contributed by atoms with Gasteiger partial charge in [-0.1, -0.05) is 30.3 Å². The molecule has 2 heterocycles. The summed E-state index contributed by atoms with van der Waals surface area (Å²) < 4.78 is 18.9. The standard InChI is InChI=1S/C24H26FN3O2/c1-27-13-15-28(16-14-27)17-21(18-5-3-2-4-6-18)26-24(29)23-12-11-22(30-23)19-7-9-20(25)10-8-19/h2-12,21H,13-17H2,1H3,(H,26,29). The molecule has 0 bridgehead atoms. The van der Waals surface area contributed by atoms with Crippen molar-refractivity contribution in [2.45, 2.75) is 6.04 Å². The van der Waals surface area contributed by atoms with E-state index in [0.29, 0.717) is 5.76 Å². The van der Waals surface area contributed by atoms with Gasteiger partial charge in [0.25, 0.3) is 5.91 Å². The van der Waals surface area contributed by atoms with Crippen LogP contribution in [0.4, 0.5) is 4.39 Å². The van der Waals surface area contributed by atoms with Gasteiger partial charge in [0.15, 0.2) is 5.76 Å². The zero-order valence-electron chi connectivity index (χ0n) is 17.1. The van der Waals surface area contributed by atoms with Gasteiger partial charge in [-0.15, -0.1) is 0 Å².